The maximum atomic E-state index is 12.2. The Hall–Kier alpha value is -2.33. The lowest BCUT2D eigenvalue weighted by Crippen LogP contribution is -2.63. The van der Waals surface area contributed by atoms with E-state index < -0.39 is 6.04 Å². The van der Waals surface area contributed by atoms with Gasteiger partial charge in [0.15, 0.2) is 0 Å². The highest BCUT2D eigenvalue weighted by Crippen LogP contribution is 2.38. The van der Waals surface area contributed by atoms with Crippen LogP contribution in [0, 0.1) is 6.92 Å². The number of hydrogen-bond acceptors (Lipinski definition) is 3. The lowest BCUT2D eigenvalue weighted by molar-refractivity contribution is -0.126. The van der Waals surface area contributed by atoms with Gasteiger partial charge in [0.05, 0.1) is 13.2 Å². The zero-order valence-corrected chi connectivity index (χ0v) is 12.1. The molecule has 3 rings (SSSR count). The summed E-state index contributed by atoms with van der Waals surface area (Å²) in [6, 6.07) is 15.0. The molecule has 2 atom stereocenters. The molecule has 1 heterocycles. The molecule has 0 saturated carbocycles. The Bertz CT molecular complexity index is 667. The van der Waals surface area contributed by atoms with E-state index in [1.807, 2.05) is 55.5 Å². The summed E-state index contributed by atoms with van der Waals surface area (Å²) in [4.78, 5) is 13.9. The quantitative estimate of drug-likeness (QED) is 0.880. The van der Waals surface area contributed by atoms with E-state index in [0.29, 0.717) is 0 Å². The molecule has 0 spiro atoms. The fraction of sp³-hybridized carbons (Fsp3) is 0.235. The number of methoxy groups -OCH3 is 1. The first-order chi connectivity index (χ1) is 10.1. The van der Waals surface area contributed by atoms with Gasteiger partial charge in [-0.15, -0.1) is 0 Å². The molecule has 4 heteroatoms. The predicted molar refractivity (Wildman–Crippen MR) is 82.4 cm³/mol. The van der Waals surface area contributed by atoms with Gasteiger partial charge in [-0.05, 0) is 42.3 Å². The second-order valence-electron chi connectivity index (χ2n) is 5.29. The van der Waals surface area contributed by atoms with Crippen molar-refractivity contribution in [2.24, 2.45) is 5.73 Å². The van der Waals surface area contributed by atoms with Crippen molar-refractivity contribution in [2.75, 3.05) is 12.0 Å². The van der Waals surface area contributed by atoms with Gasteiger partial charge in [-0.25, -0.2) is 0 Å². The second-order valence-corrected chi connectivity index (χ2v) is 5.29. The van der Waals surface area contributed by atoms with Crippen LogP contribution in [0.2, 0.25) is 0 Å². The predicted octanol–water partition coefficient (Wildman–Crippen LogP) is 2.42. The summed E-state index contributed by atoms with van der Waals surface area (Å²) in [5, 5.41) is 0. The monoisotopic (exact) mass is 282 g/mol. The number of amides is 1. The highest BCUT2D eigenvalue weighted by Gasteiger charge is 2.46. The molecule has 0 aliphatic carbocycles. The van der Waals surface area contributed by atoms with Crippen LogP contribution in [0.5, 0.6) is 5.75 Å². The fourth-order valence-corrected chi connectivity index (χ4v) is 2.73. The lowest BCUT2D eigenvalue weighted by atomic mass is 9.88. The first-order valence-corrected chi connectivity index (χ1v) is 6.91. The van der Waals surface area contributed by atoms with Crippen LogP contribution < -0.4 is 15.4 Å². The number of β-lactam (4-membered cyclic amide) rings is 1. The highest BCUT2D eigenvalue weighted by molar-refractivity contribution is 6.05. The number of anilines is 1. The number of rotatable bonds is 3. The molecule has 2 aromatic carbocycles. The first-order valence-electron chi connectivity index (χ1n) is 6.91. The summed E-state index contributed by atoms with van der Waals surface area (Å²) in [5.74, 6) is 0.751. The van der Waals surface area contributed by atoms with Crippen LogP contribution in [0.1, 0.15) is 17.2 Å². The van der Waals surface area contributed by atoms with Crippen LogP contribution in [0.15, 0.2) is 48.5 Å². The Labute approximate surface area is 124 Å². The molecule has 0 radical (unpaired) electrons. The number of nitrogens with two attached hydrogens (primary N) is 1. The van der Waals surface area contributed by atoms with E-state index in [2.05, 4.69) is 0 Å². The van der Waals surface area contributed by atoms with E-state index in [9.17, 15) is 4.79 Å². The van der Waals surface area contributed by atoms with E-state index in [-0.39, 0.29) is 11.9 Å². The van der Waals surface area contributed by atoms with Gasteiger partial charge in [0.1, 0.15) is 11.8 Å². The third-order valence-corrected chi connectivity index (χ3v) is 3.88. The Balaban J connectivity index is 1.94. The summed E-state index contributed by atoms with van der Waals surface area (Å²) in [7, 11) is 1.63. The van der Waals surface area contributed by atoms with Crippen molar-refractivity contribution >= 4 is 11.6 Å². The highest BCUT2D eigenvalue weighted by atomic mass is 16.5. The molecule has 1 fully saturated rings. The first kappa shape index (κ1) is 13.6. The van der Waals surface area contributed by atoms with E-state index in [1.165, 1.54) is 0 Å². The van der Waals surface area contributed by atoms with Crippen LogP contribution in [0.25, 0.3) is 0 Å². The topological polar surface area (TPSA) is 55.6 Å². The van der Waals surface area contributed by atoms with Gasteiger partial charge in [-0.1, -0.05) is 24.3 Å². The Morgan fingerprint density at radius 1 is 1.14 bits per heavy atom. The Kier molecular flexibility index (Phi) is 3.39. The van der Waals surface area contributed by atoms with Crippen LogP contribution in [-0.2, 0) is 4.79 Å². The van der Waals surface area contributed by atoms with Gasteiger partial charge in [0.2, 0.25) is 5.91 Å². The average Bonchev–Trinajstić information content (AvgIpc) is 2.51. The largest absolute Gasteiger partial charge is 0.497 e. The third-order valence-electron chi connectivity index (χ3n) is 3.88. The van der Waals surface area contributed by atoms with Crippen LogP contribution >= 0.6 is 0 Å². The van der Waals surface area contributed by atoms with E-state index in [0.717, 1.165) is 22.6 Å². The zero-order chi connectivity index (χ0) is 15.0. The summed E-state index contributed by atoms with van der Waals surface area (Å²) in [6.45, 7) is 2.01. The van der Waals surface area contributed by atoms with Crippen molar-refractivity contribution < 1.29 is 9.53 Å². The fourth-order valence-electron chi connectivity index (χ4n) is 2.73. The van der Waals surface area contributed by atoms with Gasteiger partial charge in [0, 0.05) is 5.69 Å². The molecule has 1 saturated heterocycles. The van der Waals surface area contributed by atoms with Crippen LogP contribution in [0.4, 0.5) is 5.69 Å². The van der Waals surface area contributed by atoms with Gasteiger partial charge in [-0.2, -0.15) is 0 Å². The number of ether oxygens (including phenoxy) is 1. The van der Waals surface area contributed by atoms with Gasteiger partial charge < -0.3 is 15.4 Å². The van der Waals surface area contributed by atoms with Crippen molar-refractivity contribution in [1.29, 1.82) is 0 Å². The zero-order valence-electron chi connectivity index (χ0n) is 12.1. The molecule has 0 bridgehead atoms. The van der Waals surface area contributed by atoms with Crippen molar-refractivity contribution in [2.45, 2.75) is 19.0 Å². The van der Waals surface area contributed by atoms with Crippen molar-refractivity contribution in [1.82, 2.24) is 0 Å². The number of aryl methyl sites for hydroxylation is 1. The molecule has 4 nitrogen and oxygen atoms in total. The van der Waals surface area contributed by atoms with Crippen LogP contribution in [-0.4, -0.2) is 19.1 Å². The molecular weight excluding hydrogens is 264 g/mol. The van der Waals surface area contributed by atoms with Crippen molar-refractivity contribution in [3.8, 4) is 5.75 Å². The molecule has 2 N–H and O–H groups in total. The van der Waals surface area contributed by atoms with E-state index >= 15 is 0 Å². The van der Waals surface area contributed by atoms with Gasteiger partial charge in [0.25, 0.3) is 0 Å². The van der Waals surface area contributed by atoms with E-state index in [1.54, 1.807) is 12.0 Å². The number of carbonyl (C=O) groups is 1. The maximum Gasteiger partial charge on any atom is 0.247 e. The third kappa shape index (κ3) is 2.28. The minimum atomic E-state index is -0.487. The summed E-state index contributed by atoms with van der Waals surface area (Å²) in [5.41, 5.74) is 9.04. The minimum Gasteiger partial charge on any atom is -0.497 e. The number of hydrogen-bond donors (Lipinski definition) is 1. The standard InChI is InChI=1S/C17H18N2O2/c1-11-4-3-5-13(10-11)19-16(15(18)17(19)20)12-6-8-14(21-2)9-7-12/h3-10,15-16H,18H2,1-2H3/t15-,16+/m0/s1. The number of carbonyl (C=O) groups excluding carboxylic acids is 1. The molecule has 2 aromatic rings. The summed E-state index contributed by atoms with van der Waals surface area (Å²) in [6.07, 6.45) is 0. The molecule has 0 aromatic heterocycles. The Morgan fingerprint density at radius 3 is 2.48 bits per heavy atom. The molecule has 1 aliphatic rings. The molecular formula is C17H18N2O2. The smallest absolute Gasteiger partial charge is 0.247 e. The second kappa shape index (κ2) is 5.22. The average molecular weight is 282 g/mol. The van der Waals surface area contributed by atoms with Gasteiger partial charge in [-0.3, -0.25) is 4.79 Å². The van der Waals surface area contributed by atoms with Crippen molar-refractivity contribution in [3.63, 3.8) is 0 Å². The molecule has 1 aliphatic heterocycles. The SMILES string of the molecule is COc1ccc([C@@H]2[C@H](N)C(=O)N2c2cccc(C)c2)cc1. The van der Waals surface area contributed by atoms with Gasteiger partial charge >= 0.3 is 0 Å². The van der Waals surface area contributed by atoms with Crippen molar-refractivity contribution in [3.05, 3.63) is 59.7 Å². The normalized spacial score (nSPS) is 21.1. The lowest BCUT2D eigenvalue weighted by Gasteiger charge is -2.45. The molecule has 1 amide bonds. The molecule has 108 valence electrons. The number of benzene rings is 2. The molecule has 21 heavy (non-hydrogen) atoms. The van der Waals surface area contributed by atoms with E-state index in [4.69, 9.17) is 10.5 Å². The summed E-state index contributed by atoms with van der Waals surface area (Å²) < 4.78 is 5.16. The number of nitrogens with zero attached hydrogens (tertiary/aromatic N) is 1. The minimum absolute atomic E-state index is 0.0404. The summed E-state index contributed by atoms with van der Waals surface area (Å²) >= 11 is 0. The maximum absolute atomic E-state index is 12.2. The molecule has 0 unspecified atom stereocenters. The van der Waals surface area contributed by atoms with Crippen LogP contribution in [0.3, 0.4) is 0 Å². The Morgan fingerprint density at radius 2 is 1.86 bits per heavy atom.